The maximum atomic E-state index is 13.1. The summed E-state index contributed by atoms with van der Waals surface area (Å²) in [6.45, 7) is 4.17. The third-order valence-electron chi connectivity index (χ3n) is 5.57. The Labute approximate surface area is 186 Å². The van der Waals surface area contributed by atoms with Gasteiger partial charge in [-0.05, 0) is 44.2 Å². The highest BCUT2D eigenvalue weighted by atomic mass is 16.5. The minimum absolute atomic E-state index is 0.125. The van der Waals surface area contributed by atoms with Gasteiger partial charge in [0.1, 0.15) is 11.5 Å². The lowest BCUT2D eigenvalue weighted by atomic mass is 10.1. The van der Waals surface area contributed by atoms with Gasteiger partial charge in [-0.2, -0.15) is 5.10 Å². The number of aryl methyl sites for hydroxylation is 2. The van der Waals surface area contributed by atoms with Crippen LogP contribution < -0.4 is 19.7 Å². The fourth-order valence-electron chi connectivity index (χ4n) is 4.00. The molecule has 8 heteroatoms. The molecule has 8 nitrogen and oxygen atoms in total. The number of methoxy groups -OCH3 is 2. The quantitative estimate of drug-likeness (QED) is 0.642. The monoisotopic (exact) mass is 434 g/mol. The molecule has 1 aliphatic heterocycles. The first-order valence-electron chi connectivity index (χ1n) is 10.4. The molecule has 166 valence electrons. The zero-order chi connectivity index (χ0) is 22.8. The van der Waals surface area contributed by atoms with E-state index in [9.17, 15) is 9.59 Å². The molecule has 0 bridgehead atoms. The number of nitrogens with zero attached hydrogens (tertiary/aromatic N) is 3. The molecule has 0 saturated carbocycles. The average Bonchev–Trinajstić information content (AvgIpc) is 3.34. The molecule has 3 aromatic rings. The van der Waals surface area contributed by atoms with Crippen LogP contribution in [0.4, 0.5) is 11.4 Å². The Morgan fingerprint density at radius 1 is 1.06 bits per heavy atom. The van der Waals surface area contributed by atoms with Crippen LogP contribution in [0.2, 0.25) is 0 Å². The van der Waals surface area contributed by atoms with Crippen LogP contribution in [0.25, 0.3) is 5.69 Å². The molecule has 1 saturated heterocycles. The number of hydrogen-bond donors (Lipinski definition) is 1. The van der Waals surface area contributed by atoms with Crippen molar-refractivity contribution < 1.29 is 19.1 Å². The van der Waals surface area contributed by atoms with Crippen LogP contribution in [-0.4, -0.2) is 42.4 Å². The number of anilines is 2. The van der Waals surface area contributed by atoms with Gasteiger partial charge in [-0.1, -0.05) is 12.1 Å². The number of nitrogens with one attached hydrogen (secondary N) is 1. The van der Waals surface area contributed by atoms with E-state index in [-0.39, 0.29) is 24.8 Å². The molecule has 1 aliphatic rings. The van der Waals surface area contributed by atoms with Crippen molar-refractivity contribution in [3.05, 3.63) is 59.9 Å². The van der Waals surface area contributed by atoms with Gasteiger partial charge in [-0.25, -0.2) is 4.68 Å². The molecule has 0 radical (unpaired) electrons. The summed E-state index contributed by atoms with van der Waals surface area (Å²) in [6.07, 6.45) is 0.128. The predicted octanol–water partition coefficient (Wildman–Crippen LogP) is 3.50. The summed E-state index contributed by atoms with van der Waals surface area (Å²) in [5.74, 6) is 0.339. The lowest BCUT2D eigenvalue weighted by Crippen LogP contribution is -2.28. The van der Waals surface area contributed by atoms with E-state index in [0.29, 0.717) is 22.9 Å². The van der Waals surface area contributed by atoms with E-state index in [1.807, 2.05) is 44.2 Å². The van der Waals surface area contributed by atoms with Gasteiger partial charge in [-0.15, -0.1) is 0 Å². The van der Waals surface area contributed by atoms with E-state index >= 15 is 0 Å². The zero-order valence-corrected chi connectivity index (χ0v) is 18.6. The Kier molecular flexibility index (Phi) is 5.85. The Morgan fingerprint density at radius 2 is 1.84 bits per heavy atom. The van der Waals surface area contributed by atoms with Gasteiger partial charge in [0, 0.05) is 24.7 Å². The molecule has 1 fully saturated rings. The first-order valence-corrected chi connectivity index (χ1v) is 10.4. The third-order valence-corrected chi connectivity index (χ3v) is 5.57. The normalized spacial score (nSPS) is 15.7. The Bertz CT molecular complexity index is 1170. The van der Waals surface area contributed by atoms with Gasteiger partial charge in [0.05, 0.1) is 42.9 Å². The molecule has 32 heavy (non-hydrogen) atoms. The second-order valence-corrected chi connectivity index (χ2v) is 7.79. The molecular weight excluding hydrogens is 408 g/mol. The second kappa shape index (κ2) is 8.74. The van der Waals surface area contributed by atoms with E-state index in [1.54, 1.807) is 42.0 Å². The number of benzene rings is 2. The maximum Gasteiger partial charge on any atom is 0.229 e. The number of para-hydroxylation sites is 2. The number of carbonyl (C=O) groups is 2. The largest absolute Gasteiger partial charge is 0.497 e. The topological polar surface area (TPSA) is 85.7 Å². The highest BCUT2D eigenvalue weighted by Crippen LogP contribution is 2.36. The van der Waals surface area contributed by atoms with Crippen molar-refractivity contribution in [2.24, 2.45) is 5.92 Å². The van der Waals surface area contributed by atoms with Gasteiger partial charge in [0.15, 0.2) is 0 Å². The summed E-state index contributed by atoms with van der Waals surface area (Å²) in [4.78, 5) is 27.4. The van der Waals surface area contributed by atoms with E-state index in [4.69, 9.17) is 9.47 Å². The highest BCUT2D eigenvalue weighted by molar-refractivity contribution is 6.04. The highest BCUT2D eigenvalue weighted by Gasteiger charge is 2.36. The molecule has 1 unspecified atom stereocenters. The average molecular weight is 434 g/mol. The molecule has 4 rings (SSSR count). The molecule has 1 atom stereocenters. The van der Waals surface area contributed by atoms with Crippen LogP contribution in [0.3, 0.4) is 0 Å². The SMILES string of the molecule is COc1ccc(N2CC(C(=O)Nc3ccccc3-n3nc(C)cc3C)CC2=O)c(OC)c1. The summed E-state index contributed by atoms with van der Waals surface area (Å²) >= 11 is 0. The molecule has 1 aromatic heterocycles. The Hall–Kier alpha value is -3.81. The molecule has 2 heterocycles. The molecule has 2 aromatic carbocycles. The van der Waals surface area contributed by atoms with Crippen LogP contribution in [0.5, 0.6) is 11.5 Å². The number of hydrogen-bond acceptors (Lipinski definition) is 5. The van der Waals surface area contributed by atoms with Crippen molar-refractivity contribution in [1.29, 1.82) is 0 Å². The standard InChI is InChI=1S/C24H26N4O4/c1-15-11-16(2)28(26-15)20-8-6-5-7-19(20)25-24(30)17-12-23(29)27(14-17)21-10-9-18(31-3)13-22(21)32-4/h5-11,13,17H,12,14H2,1-4H3,(H,25,30). The molecule has 2 amide bonds. The van der Waals surface area contributed by atoms with Crippen LogP contribution >= 0.6 is 0 Å². The first-order chi connectivity index (χ1) is 15.4. The lowest BCUT2D eigenvalue weighted by molar-refractivity contribution is -0.122. The van der Waals surface area contributed by atoms with Crippen molar-refractivity contribution in [2.75, 3.05) is 31.0 Å². The van der Waals surface area contributed by atoms with E-state index in [2.05, 4.69) is 10.4 Å². The van der Waals surface area contributed by atoms with E-state index in [1.165, 1.54) is 0 Å². The van der Waals surface area contributed by atoms with Gasteiger partial charge < -0.3 is 19.7 Å². The molecular formula is C24H26N4O4. The van der Waals surface area contributed by atoms with Crippen LogP contribution in [0.15, 0.2) is 48.5 Å². The van der Waals surface area contributed by atoms with Crippen LogP contribution in [0, 0.1) is 19.8 Å². The van der Waals surface area contributed by atoms with Crippen molar-refractivity contribution in [2.45, 2.75) is 20.3 Å². The fourth-order valence-corrected chi connectivity index (χ4v) is 4.00. The van der Waals surface area contributed by atoms with Crippen LogP contribution in [0.1, 0.15) is 17.8 Å². The fraction of sp³-hybridized carbons (Fsp3) is 0.292. The minimum Gasteiger partial charge on any atom is -0.497 e. The first kappa shape index (κ1) is 21.4. The van der Waals surface area contributed by atoms with Gasteiger partial charge in [0.2, 0.25) is 11.8 Å². The minimum atomic E-state index is -0.484. The van der Waals surface area contributed by atoms with Crippen molar-refractivity contribution in [3.8, 4) is 17.2 Å². The zero-order valence-electron chi connectivity index (χ0n) is 18.6. The van der Waals surface area contributed by atoms with Gasteiger partial charge >= 0.3 is 0 Å². The lowest BCUT2D eigenvalue weighted by Gasteiger charge is -2.20. The summed E-state index contributed by atoms with van der Waals surface area (Å²) in [5, 5.41) is 7.52. The predicted molar refractivity (Wildman–Crippen MR) is 122 cm³/mol. The van der Waals surface area contributed by atoms with E-state index in [0.717, 1.165) is 17.1 Å². The number of amides is 2. The number of rotatable bonds is 6. The smallest absolute Gasteiger partial charge is 0.229 e. The Morgan fingerprint density at radius 3 is 2.53 bits per heavy atom. The molecule has 1 N–H and O–H groups in total. The number of aromatic nitrogens is 2. The molecule has 0 aliphatic carbocycles. The van der Waals surface area contributed by atoms with Crippen molar-refractivity contribution in [3.63, 3.8) is 0 Å². The van der Waals surface area contributed by atoms with Gasteiger partial charge in [-0.3, -0.25) is 9.59 Å². The van der Waals surface area contributed by atoms with Crippen LogP contribution in [-0.2, 0) is 9.59 Å². The number of ether oxygens (including phenoxy) is 2. The maximum absolute atomic E-state index is 13.1. The third kappa shape index (κ3) is 4.03. The van der Waals surface area contributed by atoms with Crippen molar-refractivity contribution in [1.82, 2.24) is 9.78 Å². The summed E-state index contributed by atoms with van der Waals surface area (Å²) < 4.78 is 12.5. The second-order valence-electron chi connectivity index (χ2n) is 7.79. The van der Waals surface area contributed by atoms with Gasteiger partial charge in [0.25, 0.3) is 0 Å². The van der Waals surface area contributed by atoms with E-state index < -0.39 is 5.92 Å². The summed E-state index contributed by atoms with van der Waals surface area (Å²) in [7, 11) is 3.11. The summed E-state index contributed by atoms with van der Waals surface area (Å²) in [5.41, 5.74) is 3.92. The number of carbonyl (C=O) groups excluding carboxylic acids is 2. The molecule has 0 spiro atoms. The van der Waals surface area contributed by atoms with Crippen molar-refractivity contribution >= 4 is 23.2 Å². The summed E-state index contributed by atoms with van der Waals surface area (Å²) in [6, 6.07) is 14.7. The Balaban J connectivity index is 1.54.